The molecule has 2 aromatic heterocycles. The van der Waals surface area contributed by atoms with Gasteiger partial charge < -0.3 is 10.2 Å². The molecule has 6 heteroatoms. The summed E-state index contributed by atoms with van der Waals surface area (Å²) in [5.41, 5.74) is 0. The van der Waals surface area contributed by atoms with E-state index in [4.69, 9.17) is 11.6 Å². The van der Waals surface area contributed by atoms with Crippen LogP contribution < -0.4 is 5.32 Å². The number of aryl methyl sites for hydroxylation is 1. The number of nitrogens with zero attached hydrogens (tertiary/aromatic N) is 3. The third kappa shape index (κ3) is 3.22. The topological polar surface area (TPSA) is 41.0 Å². The zero-order chi connectivity index (χ0) is 13.9. The summed E-state index contributed by atoms with van der Waals surface area (Å²) >= 11 is 7.64. The highest BCUT2D eigenvalue weighted by atomic mass is 35.5. The monoisotopic (exact) mass is 310 g/mol. The zero-order valence-corrected chi connectivity index (χ0v) is 13.2. The maximum atomic E-state index is 5.99. The van der Waals surface area contributed by atoms with Gasteiger partial charge in [-0.3, -0.25) is 0 Å². The van der Waals surface area contributed by atoms with Gasteiger partial charge in [-0.15, -0.1) is 11.3 Å². The van der Waals surface area contributed by atoms with Crippen LogP contribution in [-0.2, 0) is 0 Å². The molecule has 0 bridgehead atoms. The summed E-state index contributed by atoms with van der Waals surface area (Å²) in [6.07, 6.45) is 3.83. The fourth-order valence-corrected chi connectivity index (χ4v) is 3.76. The lowest BCUT2D eigenvalue weighted by Gasteiger charge is -2.14. The summed E-state index contributed by atoms with van der Waals surface area (Å²) < 4.78 is 0. The molecule has 0 saturated carbocycles. The number of aromatic nitrogens is 2. The normalized spacial score (nSPS) is 16.1. The fourth-order valence-electron chi connectivity index (χ4n) is 2.67. The summed E-state index contributed by atoms with van der Waals surface area (Å²) in [6, 6.07) is 2.12. The van der Waals surface area contributed by atoms with E-state index in [1.54, 1.807) is 11.3 Å². The first-order valence-corrected chi connectivity index (χ1v) is 8.32. The molecule has 2 aromatic rings. The average molecular weight is 311 g/mol. The van der Waals surface area contributed by atoms with Gasteiger partial charge in [-0.05, 0) is 63.5 Å². The standard InChI is InChI=1S/C14H19ClN4S/c1-10-9-11-12(17-14(15)18-13(11)20-10)16-5-4-8-19-6-2-3-7-19/h9H,2-8H2,1H3,(H,16,17,18). The van der Waals surface area contributed by atoms with Crippen LogP contribution in [0.15, 0.2) is 6.07 Å². The predicted molar refractivity (Wildman–Crippen MR) is 85.9 cm³/mol. The van der Waals surface area contributed by atoms with E-state index in [1.165, 1.54) is 30.8 Å². The van der Waals surface area contributed by atoms with Crippen LogP contribution in [0, 0.1) is 6.92 Å². The van der Waals surface area contributed by atoms with Crippen molar-refractivity contribution in [3.8, 4) is 0 Å². The molecule has 0 amide bonds. The van der Waals surface area contributed by atoms with E-state index >= 15 is 0 Å². The average Bonchev–Trinajstić information content (AvgIpc) is 3.02. The molecule has 0 atom stereocenters. The maximum absolute atomic E-state index is 5.99. The van der Waals surface area contributed by atoms with Crippen LogP contribution >= 0.6 is 22.9 Å². The zero-order valence-electron chi connectivity index (χ0n) is 11.7. The van der Waals surface area contributed by atoms with Crippen molar-refractivity contribution in [2.24, 2.45) is 0 Å². The minimum atomic E-state index is 0.321. The Morgan fingerprint density at radius 2 is 2.15 bits per heavy atom. The molecule has 0 unspecified atom stereocenters. The highest BCUT2D eigenvalue weighted by molar-refractivity contribution is 7.18. The van der Waals surface area contributed by atoms with Gasteiger partial charge in [-0.2, -0.15) is 0 Å². The molecule has 1 aliphatic rings. The third-order valence-electron chi connectivity index (χ3n) is 3.63. The van der Waals surface area contributed by atoms with Crippen molar-refractivity contribution in [1.82, 2.24) is 14.9 Å². The van der Waals surface area contributed by atoms with Crippen molar-refractivity contribution < 1.29 is 0 Å². The first kappa shape index (κ1) is 14.0. The van der Waals surface area contributed by atoms with E-state index in [9.17, 15) is 0 Å². The molecule has 20 heavy (non-hydrogen) atoms. The number of likely N-dealkylation sites (tertiary alicyclic amines) is 1. The van der Waals surface area contributed by atoms with E-state index in [-0.39, 0.29) is 0 Å². The van der Waals surface area contributed by atoms with Crippen LogP contribution in [0.1, 0.15) is 24.1 Å². The van der Waals surface area contributed by atoms with E-state index < -0.39 is 0 Å². The quantitative estimate of drug-likeness (QED) is 0.677. The van der Waals surface area contributed by atoms with Crippen molar-refractivity contribution in [3.05, 3.63) is 16.2 Å². The van der Waals surface area contributed by atoms with Crippen molar-refractivity contribution in [1.29, 1.82) is 0 Å². The minimum Gasteiger partial charge on any atom is -0.369 e. The molecule has 0 aliphatic carbocycles. The van der Waals surface area contributed by atoms with Crippen molar-refractivity contribution in [2.45, 2.75) is 26.2 Å². The molecule has 0 spiro atoms. The van der Waals surface area contributed by atoms with Gasteiger partial charge in [0.2, 0.25) is 5.28 Å². The minimum absolute atomic E-state index is 0.321. The Balaban J connectivity index is 1.61. The maximum Gasteiger partial charge on any atom is 0.225 e. The Kier molecular flexibility index (Phi) is 4.38. The summed E-state index contributed by atoms with van der Waals surface area (Å²) in [5, 5.41) is 4.81. The lowest BCUT2D eigenvalue weighted by Crippen LogP contribution is -2.22. The SMILES string of the molecule is Cc1cc2c(NCCCN3CCCC3)nc(Cl)nc2s1. The van der Waals surface area contributed by atoms with Gasteiger partial charge in [0.25, 0.3) is 0 Å². The van der Waals surface area contributed by atoms with E-state index in [1.807, 2.05) is 0 Å². The first-order chi connectivity index (χ1) is 9.72. The molecule has 3 rings (SSSR count). The summed E-state index contributed by atoms with van der Waals surface area (Å²) in [4.78, 5) is 13.3. The summed E-state index contributed by atoms with van der Waals surface area (Å²) in [6.45, 7) is 6.68. The molecule has 4 nitrogen and oxygen atoms in total. The second kappa shape index (κ2) is 6.24. The lowest BCUT2D eigenvalue weighted by molar-refractivity contribution is 0.337. The van der Waals surface area contributed by atoms with Crippen LogP contribution in [0.25, 0.3) is 10.2 Å². The van der Waals surface area contributed by atoms with Crippen molar-refractivity contribution >= 4 is 39.0 Å². The predicted octanol–water partition coefficient (Wildman–Crippen LogP) is 3.55. The highest BCUT2D eigenvalue weighted by Gasteiger charge is 2.11. The second-order valence-electron chi connectivity index (χ2n) is 5.25. The van der Waals surface area contributed by atoms with E-state index in [2.05, 4.69) is 33.2 Å². The molecule has 0 aromatic carbocycles. The van der Waals surface area contributed by atoms with Gasteiger partial charge in [0, 0.05) is 11.4 Å². The van der Waals surface area contributed by atoms with Crippen LogP contribution in [-0.4, -0.2) is 41.0 Å². The molecular formula is C14H19ClN4S. The van der Waals surface area contributed by atoms with Gasteiger partial charge in [0.1, 0.15) is 10.6 Å². The Hall–Kier alpha value is -0.910. The number of fused-ring (bicyclic) bond motifs is 1. The fraction of sp³-hybridized carbons (Fsp3) is 0.571. The number of anilines is 1. The summed E-state index contributed by atoms with van der Waals surface area (Å²) in [7, 11) is 0. The molecule has 0 radical (unpaired) electrons. The van der Waals surface area contributed by atoms with Crippen LogP contribution in [0.4, 0.5) is 5.82 Å². The van der Waals surface area contributed by atoms with Gasteiger partial charge in [0.15, 0.2) is 0 Å². The molecule has 1 fully saturated rings. The molecule has 3 heterocycles. The number of hydrogen-bond acceptors (Lipinski definition) is 5. The van der Waals surface area contributed by atoms with E-state index in [0.717, 1.165) is 35.5 Å². The molecule has 1 saturated heterocycles. The number of thiophene rings is 1. The van der Waals surface area contributed by atoms with Crippen LogP contribution in [0.5, 0.6) is 0 Å². The summed E-state index contributed by atoms with van der Waals surface area (Å²) in [5.74, 6) is 0.866. The number of halogens is 1. The molecular weight excluding hydrogens is 292 g/mol. The van der Waals surface area contributed by atoms with Gasteiger partial charge >= 0.3 is 0 Å². The van der Waals surface area contributed by atoms with Crippen molar-refractivity contribution in [2.75, 3.05) is 31.5 Å². The molecule has 1 aliphatic heterocycles. The number of rotatable bonds is 5. The van der Waals surface area contributed by atoms with E-state index in [0.29, 0.717) is 5.28 Å². The number of hydrogen-bond donors (Lipinski definition) is 1. The smallest absolute Gasteiger partial charge is 0.225 e. The second-order valence-corrected chi connectivity index (χ2v) is 6.82. The van der Waals surface area contributed by atoms with Gasteiger partial charge in [-0.25, -0.2) is 9.97 Å². The molecule has 108 valence electrons. The largest absolute Gasteiger partial charge is 0.369 e. The Morgan fingerprint density at radius 1 is 1.35 bits per heavy atom. The first-order valence-electron chi connectivity index (χ1n) is 7.12. The van der Waals surface area contributed by atoms with Crippen LogP contribution in [0.2, 0.25) is 5.28 Å². The van der Waals surface area contributed by atoms with Gasteiger partial charge in [-0.1, -0.05) is 0 Å². The van der Waals surface area contributed by atoms with Crippen molar-refractivity contribution in [3.63, 3.8) is 0 Å². The lowest BCUT2D eigenvalue weighted by atomic mass is 10.3. The Morgan fingerprint density at radius 3 is 2.95 bits per heavy atom. The Labute approximate surface area is 128 Å². The Bertz CT molecular complexity index is 592. The van der Waals surface area contributed by atoms with Gasteiger partial charge in [0.05, 0.1) is 5.39 Å². The molecule has 1 N–H and O–H groups in total. The highest BCUT2D eigenvalue weighted by Crippen LogP contribution is 2.29. The number of nitrogens with one attached hydrogen (secondary N) is 1. The third-order valence-corrected chi connectivity index (χ3v) is 4.74. The van der Waals surface area contributed by atoms with Crippen LogP contribution in [0.3, 0.4) is 0 Å².